The molecule has 46 valence electrons. The Balaban J connectivity index is 2.94. The second kappa shape index (κ2) is 2.31. The van der Waals surface area contributed by atoms with E-state index >= 15 is 0 Å². The van der Waals surface area contributed by atoms with Crippen LogP contribution in [0.4, 0.5) is 0 Å². The Morgan fingerprint density at radius 2 is 2.33 bits per heavy atom. The Bertz CT molecular complexity index is 229. The minimum Gasteiger partial charge on any atom is -0.306 e. The Morgan fingerprint density at radius 1 is 1.67 bits per heavy atom. The molecule has 0 atom stereocenters. The van der Waals surface area contributed by atoms with Gasteiger partial charge in [0.05, 0.1) is 0 Å². The lowest BCUT2D eigenvalue weighted by molar-refractivity contribution is -0.115. The van der Waals surface area contributed by atoms with E-state index in [1.54, 1.807) is 0 Å². The lowest BCUT2D eigenvalue weighted by atomic mass is 10.6. The van der Waals surface area contributed by atoms with Gasteiger partial charge in [-0.3, -0.25) is 4.79 Å². The van der Waals surface area contributed by atoms with Crippen molar-refractivity contribution >= 4 is 40.1 Å². The van der Waals surface area contributed by atoms with Crippen LogP contribution >= 0.6 is 24.0 Å². The Labute approximate surface area is 60.5 Å². The molecule has 1 aliphatic heterocycles. The predicted octanol–water partition coefficient (Wildman–Crippen LogP) is -0.150. The smallest absolute Gasteiger partial charge is 0.274 e. The number of hydrogen-bond acceptors (Lipinski definition) is 4. The first-order chi connectivity index (χ1) is 4.24. The highest BCUT2D eigenvalue weighted by Crippen LogP contribution is 2.19. The molecular formula is C4HNO2S2. The molecule has 9 heavy (non-hydrogen) atoms. The van der Waals surface area contributed by atoms with Gasteiger partial charge in [0.1, 0.15) is 10.3 Å². The molecule has 0 saturated carbocycles. The fourth-order valence-electron chi connectivity index (χ4n) is 0.381. The van der Waals surface area contributed by atoms with Crippen molar-refractivity contribution < 1.29 is 9.59 Å². The monoisotopic (exact) mass is 159 g/mol. The first-order valence-electron chi connectivity index (χ1n) is 2.02. The van der Waals surface area contributed by atoms with Gasteiger partial charge in [0.25, 0.3) is 5.91 Å². The first-order valence-corrected chi connectivity index (χ1v) is 3.25. The summed E-state index contributed by atoms with van der Waals surface area (Å²) in [4.78, 5) is 20.4. The number of thiocarbonyl (C=S) groups is 1. The molecule has 0 bridgehead atoms. The summed E-state index contributed by atoms with van der Waals surface area (Å²) in [5.41, 5.74) is 0. The lowest BCUT2D eigenvalue weighted by Crippen LogP contribution is -2.17. The largest absolute Gasteiger partial charge is 0.306 e. The van der Waals surface area contributed by atoms with Gasteiger partial charge in [-0.1, -0.05) is 12.2 Å². The molecule has 0 radical (unpaired) electrons. The number of amides is 1. The minimum atomic E-state index is -0.444. The average Bonchev–Trinajstić information content (AvgIpc) is 2.10. The fraction of sp³-hybridized carbons (Fsp3) is 0. The van der Waals surface area contributed by atoms with Crippen LogP contribution in [0.3, 0.4) is 0 Å². The van der Waals surface area contributed by atoms with Crippen LogP contribution in [0, 0.1) is 0 Å². The number of carbonyl (C=O) groups is 1. The zero-order chi connectivity index (χ0) is 6.85. The van der Waals surface area contributed by atoms with Crippen LogP contribution in [0.1, 0.15) is 0 Å². The maximum absolute atomic E-state index is 10.5. The van der Waals surface area contributed by atoms with Gasteiger partial charge in [0.15, 0.2) is 4.91 Å². The van der Waals surface area contributed by atoms with E-state index in [-0.39, 0.29) is 4.91 Å². The number of hydrogen-bond donors (Lipinski definition) is 1. The van der Waals surface area contributed by atoms with Crippen LogP contribution in [0.2, 0.25) is 0 Å². The van der Waals surface area contributed by atoms with Crippen LogP contribution in [0.5, 0.6) is 0 Å². The van der Waals surface area contributed by atoms with E-state index < -0.39 is 5.91 Å². The van der Waals surface area contributed by atoms with Crippen LogP contribution in [-0.4, -0.2) is 16.2 Å². The van der Waals surface area contributed by atoms with Gasteiger partial charge in [-0.2, -0.15) is 0 Å². The Kier molecular flexibility index (Phi) is 1.66. The second-order valence-electron chi connectivity index (χ2n) is 1.27. The number of rotatable bonds is 0. The highest BCUT2D eigenvalue weighted by molar-refractivity contribution is 8.27. The second-order valence-corrected chi connectivity index (χ2v) is 2.96. The van der Waals surface area contributed by atoms with Crippen molar-refractivity contribution in [3.63, 3.8) is 0 Å². The van der Waals surface area contributed by atoms with Crippen molar-refractivity contribution in [3.8, 4) is 0 Å². The third-order valence-corrected chi connectivity index (χ3v) is 1.82. The summed E-state index contributed by atoms with van der Waals surface area (Å²) in [6.45, 7) is 0. The Hall–Kier alpha value is -0.640. The van der Waals surface area contributed by atoms with E-state index in [2.05, 4.69) is 17.5 Å². The molecule has 1 rings (SSSR count). The van der Waals surface area contributed by atoms with Gasteiger partial charge in [-0.15, -0.1) is 0 Å². The molecule has 1 fully saturated rings. The minimum absolute atomic E-state index is 0.0139. The summed E-state index contributed by atoms with van der Waals surface area (Å²) in [7, 11) is 0. The molecule has 5 heteroatoms. The van der Waals surface area contributed by atoms with Gasteiger partial charge >= 0.3 is 0 Å². The molecule has 0 aromatic heterocycles. The molecular weight excluding hydrogens is 158 g/mol. The van der Waals surface area contributed by atoms with Crippen molar-refractivity contribution in [2.75, 3.05) is 0 Å². The molecule has 0 aromatic rings. The summed E-state index contributed by atoms with van der Waals surface area (Å²) in [6, 6.07) is 0. The molecule has 1 N–H and O–H groups in total. The summed E-state index contributed by atoms with van der Waals surface area (Å²) < 4.78 is 0.318. The van der Waals surface area contributed by atoms with Crippen LogP contribution in [0.15, 0.2) is 4.91 Å². The normalized spacial score (nSPS) is 17.6. The number of carbonyl (C=O) groups excluding carboxylic acids is 2. The summed E-state index contributed by atoms with van der Waals surface area (Å²) in [5.74, 6) is 1.03. The average molecular weight is 159 g/mol. The summed E-state index contributed by atoms with van der Waals surface area (Å²) in [5, 5.41) is 2.27. The molecule has 0 spiro atoms. The van der Waals surface area contributed by atoms with Crippen molar-refractivity contribution in [2.24, 2.45) is 0 Å². The predicted molar refractivity (Wildman–Crippen MR) is 37.5 cm³/mol. The summed E-state index contributed by atoms with van der Waals surface area (Å²) >= 11 is 5.51. The van der Waals surface area contributed by atoms with Gasteiger partial charge in [0, 0.05) is 0 Å². The molecule has 1 aliphatic rings. The molecule has 3 nitrogen and oxygen atoms in total. The van der Waals surface area contributed by atoms with Crippen molar-refractivity contribution in [3.05, 3.63) is 4.91 Å². The van der Waals surface area contributed by atoms with Gasteiger partial charge in [0.2, 0.25) is 0 Å². The van der Waals surface area contributed by atoms with Crippen LogP contribution in [-0.2, 0) is 9.59 Å². The van der Waals surface area contributed by atoms with Crippen molar-refractivity contribution in [2.45, 2.75) is 0 Å². The maximum atomic E-state index is 10.5. The molecule has 1 amide bonds. The highest BCUT2D eigenvalue weighted by Gasteiger charge is 2.22. The summed E-state index contributed by atoms with van der Waals surface area (Å²) in [6.07, 6.45) is 0. The van der Waals surface area contributed by atoms with E-state index in [0.29, 0.717) is 4.32 Å². The fourth-order valence-corrected chi connectivity index (χ4v) is 1.24. The molecule has 1 saturated heterocycles. The molecule has 0 unspecified atom stereocenters. The third kappa shape index (κ3) is 1.18. The standard InChI is InChI=1S/C4HNO2S2/c6-1-2-3(7)5-4(8)9-2/h(H,5,7,8). The quantitative estimate of drug-likeness (QED) is 0.303. The van der Waals surface area contributed by atoms with Gasteiger partial charge < -0.3 is 5.32 Å². The van der Waals surface area contributed by atoms with E-state index in [1.807, 2.05) is 0 Å². The van der Waals surface area contributed by atoms with E-state index in [1.165, 1.54) is 5.94 Å². The molecule has 1 heterocycles. The van der Waals surface area contributed by atoms with Gasteiger partial charge in [-0.25, -0.2) is 4.79 Å². The van der Waals surface area contributed by atoms with E-state index in [0.717, 1.165) is 11.8 Å². The van der Waals surface area contributed by atoms with Crippen LogP contribution in [0.25, 0.3) is 0 Å². The number of nitrogens with one attached hydrogen (secondary N) is 1. The molecule has 0 aromatic carbocycles. The lowest BCUT2D eigenvalue weighted by Gasteiger charge is -1.80. The highest BCUT2D eigenvalue weighted by atomic mass is 32.2. The van der Waals surface area contributed by atoms with Crippen molar-refractivity contribution in [1.82, 2.24) is 5.32 Å². The topological polar surface area (TPSA) is 46.2 Å². The van der Waals surface area contributed by atoms with Crippen LogP contribution < -0.4 is 5.32 Å². The maximum Gasteiger partial charge on any atom is 0.274 e. The zero-order valence-corrected chi connectivity index (χ0v) is 5.77. The Morgan fingerprint density at radius 3 is 2.56 bits per heavy atom. The SMILES string of the molecule is O=C=C1SC(=S)NC1=O. The first kappa shape index (κ1) is 6.48. The van der Waals surface area contributed by atoms with Gasteiger partial charge in [-0.05, 0) is 11.8 Å². The zero-order valence-electron chi connectivity index (χ0n) is 4.13. The van der Waals surface area contributed by atoms with Crippen molar-refractivity contribution in [1.29, 1.82) is 0 Å². The van der Waals surface area contributed by atoms with E-state index in [9.17, 15) is 9.59 Å². The van der Waals surface area contributed by atoms with E-state index in [4.69, 9.17) is 0 Å². The molecule has 0 aliphatic carbocycles. The third-order valence-electron chi connectivity index (χ3n) is 0.709. The number of thioether (sulfide) groups is 1.